The molecule has 0 saturated carbocycles. The van der Waals surface area contributed by atoms with Crippen molar-refractivity contribution >= 4 is 34.8 Å². The number of aromatic nitrogens is 3. The van der Waals surface area contributed by atoms with Crippen molar-refractivity contribution in [1.29, 1.82) is 0 Å². The van der Waals surface area contributed by atoms with Gasteiger partial charge in [-0.15, -0.1) is 10.2 Å². The Morgan fingerprint density at radius 2 is 2.00 bits per heavy atom. The lowest BCUT2D eigenvalue weighted by molar-refractivity contribution is -0.384. The Hall–Kier alpha value is -2.71. The van der Waals surface area contributed by atoms with Gasteiger partial charge in [0.25, 0.3) is 5.69 Å². The summed E-state index contributed by atoms with van der Waals surface area (Å²) in [4.78, 5) is 10.6. The maximum Gasteiger partial charge on any atom is 0.270 e. The number of nitrogens with zero attached hydrogens (tertiary/aromatic N) is 5. The minimum atomic E-state index is -0.417. The summed E-state index contributed by atoms with van der Waals surface area (Å²) in [6.07, 6.45) is 0. The summed E-state index contributed by atoms with van der Waals surface area (Å²) < 4.78 is 1.63. The lowest BCUT2D eigenvalue weighted by Crippen LogP contribution is -2.14. The van der Waals surface area contributed by atoms with Gasteiger partial charge >= 0.3 is 0 Å². The van der Waals surface area contributed by atoms with Gasteiger partial charge in [-0.25, -0.2) is 0 Å². The van der Waals surface area contributed by atoms with Gasteiger partial charge in [-0.3, -0.25) is 10.1 Å². The summed E-state index contributed by atoms with van der Waals surface area (Å²) in [5.41, 5.74) is 2.18. The van der Waals surface area contributed by atoms with Crippen molar-refractivity contribution in [3.63, 3.8) is 0 Å². The molecule has 0 saturated heterocycles. The van der Waals surface area contributed by atoms with Crippen LogP contribution < -0.4 is 0 Å². The normalized spacial score (nSPS) is 13.2. The first-order valence-electron chi connectivity index (χ1n) is 7.29. The molecule has 0 spiro atoms. The van der Waals surface area contributed by atoms with Crippen LogP contribution in [0.15, 0.2) is 58.8 Å². The Balaban J connectivity index is 1.80. The van der Waals surface area contributed by atoms with Gasteiger partial charge in [-0.2, -0.15) is 9.78 Å². The van der Waals surface area contributed by atoms with E-state index in [-0.39, 0.29) is 5.69 Å². The average Bonchev–Trinajstić information content (AvgIpc) is 3.05. The number of thioether (sulfide) groups is 1. The molecule has 0 unspecified atom stereocenters. The molecule has 4 rings (SSSR count). The molecule has 0 amide bonds. The highest BCUT2D eigenvalue weighted by molar-refractivity contribution is 7.99. The number of halogens is 1. The minimum absolute atomic E-state index is 0.0334. The van der Waals surface area contributed by atoms with E-state index in [1.54, 1.807) is 22.9 Å². The van der Waals surface area contributed by atoms with Crippen LogP contribution in [0.3, 0.4) is 0 Å². The Morgan fingerprint density at radius 1 is 1.16 bits per heavy atom. The zero-order valence-corrected chi connectivity index (χ0v) is 14.2. The number of nitro groups is 1. The van der Waals surface area contributed by atoms with E-state index in [9.17, 15) is 10.1 Å². The smallest absolute Gasteiger partial charge is 0.258 e. The van der Waals surface area contributed by atoms with Gasteiger partial charge in [0.2, 0.25) is 5.16 Å². The molecule has 1 aliphatic heterocycles. The number of nitro benzene ring substituents is 1. The van der Waals surface area contributed by atoms with Crippen LogP contribution in [0.25, 0.3) is 11.4 Å². The third kappa shape index (κ3) is 2.90. The number of fused-ring (bicyclic) bond motifs is 1. The lowest BCUT2D eigenvalue weighted by atomic mass is 10.1. The molecule has 3 aromatic rings. The maximum absolute atomic E-state index is 11.0. The average molecular weight is 372 g/mol. The van der Waals surface area contributed by atoms with Crippen LogP contribution >= 0.6 is 23.4 Å². The standard InChI is InChI=1S/C16H10ClN5O2S/c17-13-7-2-1-6-12(13)15-18-19-16-21(15)20-14(9-25-16)10-4-3-5-11(8-10)22(23)24/h1-8H,9H2. The van der Waals surface area contributed by atoms with Crippen molar-refractivity contribution in [3.05, 3.63) is 69.2 Å². The van der Waals surface area contributed by atoms with Gasteiger partial charge in [0, 0.05) is 29.0 Å². The SMILES string of the molecule is O=[N+]([O-])c1cccc(C2=Nn3c(nnc3-c3ccccc3Cl)SC2)c1. The van der Waals surface area contributed by atoms with E-state index in [1.807, 2.05) is 18.2 Å². The van der Waals surface area contributed by atoms with Crippen LogP contribution in [-0.2, 0) is 0 Å². The molecular formula is C16H10ClN5O2S. The molecule has 2 aromatic carbocycles. The second-order valence-corrected chi connectivity index (χ2v) is 6.59. The molecule has 0 aliphatic carbocycles. The first-order valence-corrected chi connectivity index (χ1v) is 8.65. The van der Waals surface area contributed by atoms with Crippen molar-refractivity contribution in [1.82, 2.24) is 14.9 Å². The first kappa shape index (κ1) is 15.8. The van der Waals surface area contributed by atoms with E-state index in [0.717, 1.165) is 5.56 Å². The second-order valence-electron chi connectivity index (χ2n) is 5.24. The van der Waals surface area contributed by atoms with Crippen LogP contribution in [0.1, 0.15) is 5.56 Å². The van der Waals surface area contributed by atoms with Crippen LogP contribution in [0.4, 0.5) is 5.69 Å². The fourth-order valence-electron chi connectivity index (χ4n) is 2.48. The molecule has 0 atom stereocenters. The first-order chi connectivity index (χ1) is 12.1. The van der Waals surface area contributed by atoms with Gasteiger partial charge in [0.05, 0.1) is 15.7 Å². The molecule has 0 radical (unpaired) electrons. The highest BCUT2D eigenvalue weighted by atomic mass is 35.5. The molecular weight excluding hydrogens is 362 g/mol. The van der Waals surface area contributed by atoms with Crippen molar-refractivity contribution in [2.24, 2.45) is 5.10 Å². The number of non-ortho nitro benzene ring substituents is 1. The van der Waals surface area contributed by atoms with Gasteiger partial charge in [0.1, 0.15) is 0 Å². The van der Waals surface area contributed by atoms with Crippen LogP contribution in [0, 0.1) is 10.1 Å². The molecule has 0 bridgehead atoms. The fraction of sp³-hybridized carbons (Fsp3) is 0.0625. The molecule has 25 heavy (non-hydrogen) atoms. The molecule has 2 heterocycles. The summed E-state index contributed by atoms with van der Waals surface area (Å²) in [7, 11) is 0. The zero-order valence-electron chi connectivity index (χ0n) is 12.7. The second kappa shape index (κ2) is 6.30. The predicted octanol–water partition coefficient (Wildman–Crippen LogP) is 3.86. The van der Waals surface area contributed by atoms with Gasteiger partial charge < -0.3 is 0 Å². The van der Waals surface area contributed by atoms with Crippen molar-refractivity contribution in [2.45, 2.75) is 5.16 Å². The third-order valence-corrected chi connectivity index (χ3v) is 4.94. The van der Waals surface area contributed by atoms with Crippen LogP contribution in [-0.4, -0.2) is 31.3 Å². The highest BCUT2D eigenvalue weighted by Crippen LogP contribution is 2.32. The predicted molar refractivity (Wildman–Crippen MR) is 96.2 cm³/mol. The van der Waals surface area contributed by atoms with Gasteiger partial charge in [-0.1, -0.05) is 47.6 Å². The molecule has 124 valence electrons. The number of hydrogen-bond donors (Lipinski definition) is 0. The summed E-state index contributed by atoms with van der Waals surface area (Å²) in [6.45, 7) is 0. The Labute approximate surface area is 151 Å². The maximum atomic E-state index is 11.0. The van der Waals surface area contributed by atoms with E-state index < -0.39 is 4.92 Å². The summed E-state index contributed by atoms with van der Waals surface area (Å²) >= 11 is 7.73. The summed E-state index contributed by atoms with van der Waals surface area (Å²) in [6, 6.07) is 13.8. The molecule has 9 heteroatoms. The van der Waals surface area contributed by atoms with E-state index in [1.165, 1.54) is 23.9 Å². The van der Waals surface area contributed by atoms with E-state index in [2.05, 4.69) is 15.3 Å². The lowest BCUT2D eigenvalue weighted by Gasteiger charge is -2.14. The van der Waals surface area contributed by atoms with Crippen molar-refractivity contribution in [2.75, 3.05) is 5.75 Å². The van der Waals surface area contributed by atoms with Gasteiger partial charge in [-0.05, 0) is 12.1 Å². The number of benzene rings is 2. The number of hydrogen-bond acceptors (Lipinski definition) is 6. The Kier molecular flexibility index (Phi) is 3.98. The molecule has 1 aliphatic rings. The van der Waals surface area contributed by atoms with E-state index >= 15 is 0 Å². The monoisotopic (exact) mass is 371 g/mol. The van der Waals surface area contributed by atoms with Crippen LogP contribution in [0.2, 0.25) is 5.02 Å². The topological polar surface area (TPSA) is 86.2 Å². The molecule has 0 fully saturated rings. The zero-order chi connectivity index (χ0) is 17.4. The quantitative estimate of drug-likeness (QED) is 0.515. The Bertz CT molecular complexity index is 1020. The highest BCUT2D eigenvalue weighted by Gasteiger charge is 2.22. The molecule has 1 aromatic heterocycles. The van der Waals surface area contributed by atoms with Crippen molar-refractivity contribution in [3.8, 4) is 11.4 Å². The number of rotatable bonds is 3. The summed E-state index contributed by atoms with van der Waals surface area (Å²) in [5, 5.41) is 25.1. The van der Waals surface area contributed by atoms with Gasteiger partial charge in [0.15, 0.2) is 5.82 Å². The summed E-state index contributed by atoms with van der Waals surface area (Å²) in [5.74, 6) is 1.10. The molecule has 0 N–H and O–H groups in total. The minimum Gasteiger partial charge on any atom is -0.258 e. The van der Waals surface area contributed by atoms with E-state index in [0.29, 0.717) is 33.0 Å². The largest absolute Gasteiger partial charge is 0.270 e. The van der Waals surface area contributed by atoms with Crippen molar-refractivity contribution < 1.29 is 4.92 Å². The Morgan fingerprint density at radius 3 is 2.80 bits per heavy atom. The third-order valence-electron chi connectivity index (χ3n) is 3.68. The molecule has 7 nitrogen and oxygen atoms in total. The fourth-order valence-corrected chi connectivity index (χ4v) is 3.54. The van der Waals surface area contributed by atoms with E-state index in [4.69, 9.17) is 11.6 Å². The van der Waals surface area contributed by atoms with Crippen LogP contribution in [0.5, 0.6) is 0 Å².